The van der Waals surface area contributed by atoms with E-state index < -0.39 is 40.0 Å². The van der Waals surface area contributed by atoms with Gasteiger partial charge in [0.1, 0.15) is 25.0 Å². The minimum absolute atomic E-state index is 0.00265. The summed E-state index contributed by atoms with van der Waals surface area (Å²) in [4.78, 5) is 40.9. The summed E-state index contributed by atoms with van der Waals surface area (Å²) >= 11 is 0. The molecule has 6 rings (SSSR count). The molecule has 1 aliphatic rings. The van der Waals surface area contributed by atoms with Crippen LogP contribution in [0.25, 0.3) is 11.4 Å². The molecule has 0 spiro atoms. The number of cyclic esters (lactones) is 1. The van der Waals surface area contributed by atoms with Crippen LogP contribution >= 0.6 is 0 Å². The van der Waals surface area contributed by atoms with Crippen molar-refractivity contribution in [2.24, 2.45) is 0 Å². The molecule has 2 unspecified atom stereocenters. The topological polar surface area (TPSA) is 170 Å². The van der Waals surface area contributed by atoms with E-state index in [4.69, 9.17) is 14.2 Å². The zero-order valence-electron chi connectivity index (χ0n) is 26.1. The van der Waals surface area contributed by atoms with Gasteiger partial charge in [-0.05, 0) is 59.5 Å². The number of nitrogens with one attached hydrogen (secondary N) is 2. The van der Waals surface area contributed by atoms with Crippen molar-refractivity contribution in [3.63, 3.8) is 0 Å². The van der Waals surface area contributed by atoms with Crippen molar-refractivity contribution in [3.05, 3.63) is 136 Å². The lowest BCUT2D eigenvalue weighted by Crippen LogP contribution is -2.43. The van der Waals surface area contributed by atoms with Crippen LogP contribution in [0.15, 0.2) is 119 Å². The van der Waals surface area contributed by atoms with Crippen LogP contribution in [0.5, 0.6) is 5.75 Å². The number of aromatic amines is 1. The molecule has 1 fully saturated rings. The van der Waals surface area contributed by atoms with Crippen molar-refractivity contribution >= 4 is 27.8 Å². The second-order valence-electron chi connectivity index (χ2n) is 11.3. The molecule has 14 heteroatoms. The number of esters is 1. The number of amides is 1. The minimum atomic E-state index is -3.89. The average molecular weight is 685 g/mol. The second-order valence-corrected chi connectivity index (χ2v) is 13.0. The molecule has 1 saturated heterocycles. The van der Waals surface area contributed by atoms with Gasteiger partial charge in [0.15, 0.2) is 11.9 Å². The first-order valence-electron chi connectivity index (χ1n) is 15.3. The number of H-pyrrole nitrogens is 1. The molecule has 2 heterocycles. The lowest BCUT2D eigenvalue weighted by molar-refractivity contribution is -0.147. The molecule has 5 aromatic rings. The molecule has 0 saturated carbocycles. The minimum Gasteiger partial charge on any atom is -0.490 e. The Bertz CT molecular complexity index is 2030. The van der Waals surface area contributed by atoms with Crippen molar-refractivity contribution in [1.29, 1.82) is 0 Å². The van der Waals surface area contributed by atoms with Crippen LogP contribution < -0.4 is 20.1 Å². The van der Waals surface area contributed by atoms with Gasteiger partial charge in [-0.15, -0.1) is 0 Å². The SMILES string of the molecule is O=C(OCc1ccccc1)C(Cc1ccc(OCC2CN(c3ccc(-c4noc(=O)[nH]4)cc3)C(=O)O2)cc1)NS(=O)(=O)Cc1ccccc1. The Labute approximate surface area is 281 Å². The van der Waals surface area contributed by atoms with Crippen molar-refractivity contribution in [2.45, 2.75) is 30.9 Å². The molecule has 252 valence electrons. The molecule has 1 aromatic heterocycles. The van der Waals surface area contributed by atoms with Gasteiger partial charge in [0.25, 0.3) is 0 Å². The van der Waals surface area contributed by atoms with Gasteiger partial charge in [0.05, 0.1) is 12.3 Å². The number of benzene rings is 4. The van der Waals surface area contributed by atoms with Gasteiger partial charge >= 0.3 is 17.8 Å². The molecule has 2 atom stereocenters. The highest BCUT2D eigenvalue weighted by molar-refractivity contribution is 7.88. The van der Waals surface area contributed by atoms with Gasteiger partial charge in [0, 0.05) is 11.3 Å². The van der Waals surface area contributed by atoms with Gasteiger partial charge in [-0.2, -0.15) is 0 Å². The van der Waals surface area contributed by atoms with Gasteiger partial charge in [-0.1, -0.05) is 78.0 Å². The molecule has 0 radical (unpaired) electrons. The van der Waals surface area contributed by atoms with E-state index in [1.54, 1.807) is 78.9 Å². The van der Waals surface area contributed by atoms with Gasteiger partial charge in [0.2, 0.25) is 10.0 Å². The van der Waals surface area contributed by atoms with Crippen LogP contribution in [-0.4, -0.2) is 55.9 Å². The smallest absolute Gasteiger partial charge is 0.439 e. The molecular formula is C35H32N4O9S. The molecule has 2 N–H and O–H groups in total. The lowest BCUT2D eigenvalue weighted by atomic mass is 10.1. The fraction of sp³-hybridized carbons (Fsp3) is 0.200. The summed E-state index contributed by atoms with van der Waals surface area (Å²) in [5, 5.41) is 3.65. The maximum absolute atomic E-state index is 13.2. The molecule has 4 aromatic carbocycles. The lowest BCUT2D eigenvalue weighted by Gasteiger charge is -2.18. The van der Waals surface area contributed by atoms with Crippen LogP contribution in [0.2, 0.25) is 0 Å². The summed E-state index contributed by atoms with van der Waals surface area (Å²) in [5.41, 5.74) is 3.25. The summed E-state index contributed by atoms with van der Waals surface area (Å²) in [6.07, 6.45) is -1.02. The number of ether oxygens (including phenoxy) is 3. The van der Waals surface area contributed by atoms with Gasteiger partial charge < -0.3 is 14.2 Å². The first-order chi connectivity index (χ1) is 23.7. The number of sulfonamides is 1. The van der Waals surface area contributed by atoms with E-state index in [2.05, 4.69) is 19.4 Å². The Hall–Kier alpha value is -5.73. The zero-order valence-corrected chi connectivity index (χ0v) is 26.9. The first kappa shape index (κ1) is 33.2. The number of carbonyl (C=O) groups is 2. The molecule has 1 aliphatic heterocycles. The van der Waals surface area contributed by atoms with Crippen molar-refractivity contribution in [1.82, 2.24) is 14.9 Å². The van der Waals surface area contributed by atoms with E-state index in [1.807, 2.05) is 30.3 Å². The third-order valence-electron chi connectivity index (χ3n) is 7.60. The highest BCUT2D eigenvalue weighted by Crippen LogP contribution is 2.25. The summed E-state index contributed by atoms with van der Waals surface area (Å²) < 4.78 is 50.0. The van der Waals surface area contributed by atoms with Gasteiger partial charge in [-0.25, -0.2) is 22.7 Å². The van der Waals surface area contributed by atoms with Crippen LogP contribution in [-0.2, 0) is 43.1 Å². The van der Waals surface area contributed by atoms with Crippen LogP contribution in [0.4, 0.5) is 10.5 Å². The highest BCUT2D eigenvalue weighted by Gasteiger charge is 2.33. The van der Waals surface area contributed by atoms with Crippen molar-refractivity contribution in [3.8, 4) is 17.1 Å². The summed E-state index contributed by atoms with van der Waals surface area (Å²) in [6.45, 7) is 0.350. The molecule has 1 amide bonds. The predicted molar refractivity (Wildman–Crippen MR) is 178 cm³/mol. The Balaban J connectivity index is 1.05. The third-order valence-corrected chi connectivity index (χ3v) is 8.95. The van der Waals surface area contributed by atoms with E-state index in [-0.39, 0.29) is 37.8 Å². The van der Waals surface area contributed by atoms with E-state index in [0.29, 0.717) is 28.1 Å². The number of carbonyl (C=O) groups excluding carboxylic acids is 2. The number of rotatable bonds is 14. The Morgan fingerprint density at radius 1 is 0.898 bits per heavy atom. The van der Waals surface area contributed by atoms with E-state index in [9.17, 15) is 22.8 Å². The number of nitrogens with zero attached hydrogens (tertiary/aromatic N) is 2. The highest BCUT2D eigenvalue weighted by atomic mass is 32.2. The van der Waals surface area contributed by atoms with E-state index in [0.717, 1.165) is 5.56 Å². The zero-order chi connectivity index (χ0) is 34.2. The predicted octanol–water partition coefficient (Wildman–Crippen LogP) is 4.21. The monoisotopic (exact) mass is 684 g/mol. The van der Waals surface area contributed by atoms with Crippen LogP contribution in [0, 0.1) is 0 Å². The largest absolute Gasteiger partial charge is 0.490 e. The standard InChI is InChI=1S/C35H32N4O9S/c40-33(46-21-25-7-3-1-4-8-25)31(38-49(43,44)23-26-9-5-2-6-10-26)19-24-11-17-29(18-12-24)45-22-30-20-39(35(42)47-30)28-15-13-27(14-16-28)32-36-34(41)48-37-32/h1-18,30-31,38H,19-23H2,(H,36,37,41). The number of hydrogen-bond donors (Lipinski definition) is 2. The summed E-state index contributed by atoms with van der Waals surface area (Å²) in [6, 6.07) is 30.3. The maximum atomic E-state index is 13.2. The fourth-order valence-corrected chi connectivity index (χ4v) is 6.50. The number of hydrogen-bond acceptors (Lipinski definition) is 10. The van der Waals surface area contributed by atoms with E-state index in [1.165, 1.54) is 4.90 Å². The molecular weight excluding hydrogens is 652 g/mol. The maximum Gasteiger partial charge on any atom is 0.439 e. The molecule has 0 aliphatic carbocycles. The normalized spacial score (nSPS) is 15.1. The third kappa shape index (κ3) is 9.00. The van der Waals surface area contributed by atoms with Gasteiger partial charge in [-0.3, -0.25) is 19.2 Å². The molecule has 0 bridgehead atoms. The van der Waals surface area contributed by atoms with Crippen molar-refractivity contribution < 1.29 is 36.7 Å². The summed E-state index contributed by atoms with van der Waals surface area (Å²) in [7, 11) is -3.89. The van der Waals surface area contributed by atoms with Crippen LogP contribution in [0.3, 0.4) is 0 Å². The number of anilines is 1. The molecule has 49 heavy (non-hydrogen) atoms. The van der Waals surface area contributed by atoms with E-state index >= 15 is 0 Å². The van der Waals surface area contributed by atoms with Crippen molar-refractivity contribution in [2.75, 3.05) is 18.1 Å². The molecule has 13 nitrogen and oxygen atoms in total. The average Bonchev–Trinajstić information content (AvgIpc) is 3.72. The Morgan fingerprint density at radius 2 is 1.57 bits per heavy atom. The Morgan fingerprint density at radius 3 is 2.22 bits per heavy atom. The fourth-order valence-electron chi connectivity index (χ4n) is 5.17. The second kappa shape index (κ2) is 15.0. The first-order valence-corrected chi connectivity index (χ1v) is 17.0. The Kier molecular flexibility index (Phi) is 10.2. The number of aromatic nitrogens is 2. The quantitative estimate of drug-likeness (QED) is 0.162. The summed E-state index contributed by atoms with van der Waals surface area (Å²) in [5.74, 6) is -0.874. The van der Waals surface area contributed by atoms with Crippen LogP contribution in [0.1, 0.15) is 16.7 Å².